The van der Waals surface area contributed by atoms with Gasteiger partial charge in [-0.25, -0.2) is 0 Å². The number of carbonyl (C=O) groups excluding carboxylic acids is 1. The number of rotatable bonds is 3. The monoisotopic (exact) mass is 318 g/mol. The zero-order valence-corrected chi connectivity index (χ0v) is 14.3. The fourth-order valence-corrected chi connectivity index (χ4v) is 2.71. The topological polar surface area (TPSA) is 42.0 Å². The van der Waals surface area contributed by atoms with Crippen LogP contribution in [0, 0.1) is 0 Å². The Kier molecular flexibility index (Phi) is 4.34. The smallest absolute Gasteiger partial charge is 0.251 e. The second-order valence-electron chi connectivity index (χ2n) is 7.00. The van der Waals surface area contributed by atoms with Crippen LogP contribution in [0.25, 0.3) is 10.9 Å². The number of amides is 1. The van der Waals surface area contributed by atoms with E-state index in [-0.39, 0.29) is 11.3 Å². The molecular formula is C21H22N2O. The summed E-state index contributed by atoms with van der Waals surface area (Å²) in [5, 5.41) is 4.07. The molecule has 122 valence electrons. The van der Waals surface area contributed by atoms with Crippen LogP contribution in [-0.4, -0.2) is 10.9 Å². The van der Waals surface area contributed by atoms with E-state index in [9.17, 15) is 4.79 Å². The van der Waals surface area contributed by atoms with Crippen molar-refractivity contribution in [2.24, 2.45) is 0 Å². The van der Waals surface area contributed by atoms with E-state index < -0.39 is 0 Å². The van der Waals surface area contributed by atoms with Crippen LogP contribution in [0.2, 0.25) is 0 Å². The minimum absolute atomic E-state index is 0.0663. The minimum Gasteiger partial charge on any atom is -0.348 e. The van der Waals surface area contributed by atoms with E-state index in [1.54, 1.807) is 6.20 Å². The Morgan fingerprint density at radius 1 is 1.00 bits per heavy atom. The van der Waals surface area contributed by atoms with Crippen LogP contribution >= 0.6 is 0 Å². The van der Waals surface area contributed by atoms with Gasteiger partial charge in [0.2, 0.25) is 0 Å². The predicted octanol–water partition coefficient (Wildman–Crippen LogP) is 4.46. The molecule has 0 saturated heterocycles. The Hall–Kier alpha value is -2.68. The fraction of sp³-hybridized carbons (Fsp3) is 0.238. The van der Waals surface area contributed by atoms with E-state index in [1.807, 2.05) is 54.6 Å². The normalized spacial score (nSPS) is 11.5. The van der Waals surface area contributed by atoms with E-state index in [4.69, 9.17) is 0 Å². The second kappa shape index (κ2) is 6.44. The van der Waals surface area contributed by atoms with Gasteiger partial charge in [0, 0.05) is 23.7 Å². The summed E-state index contributed by atoms with van der Waals surface area (Å²) in [7, 11) is 0. The molecule has 24 heavy (non-hydrogen) atoms. The van der Waals surface area contributed by atoms with Gasteiger partial charge in [0.05, 0.1) is 5.52 Å². The maximum Gasteiger partial charge on any atom is 0.251 e. The highest BCUT2D eigenvalue weighted by molar-refractivity contribution is 5.94. The number of hydrogen-bond acceptors (Lipinski definition) is 2. The Bertz CT molecular complexity index is 856. The van der Waals surface area contributed by atoms with Crippen molar-refractivity contribution in [2.45, 2.75) is 32.7 Å². The van der Waals surface area contributed by atoms with E-state index in [1.165, 1.54) is 5.56 Å². The molecule has 0 bridgehead atoms. The quantitative estimate of drug-likeness (QED) is 0.774. The van der Waals surface area contributed by atoms with Gasteiger partial charge in [-0.2, -0.15) is 0 Å². The third kappa shape index (κ3) is 3.46. The van der Waals surface area contributed by atoms with Crippen molar-refractivity contribution in [3.63, 3.8) is 0 Å². The molecular weight excluding hydrogens is 296 g/mol. The summed E-state index contributed by atoms with van der Waals surface area (Å²) in [4.78, 5) is 16.8. The van der Waals surface area contributed by atoms with Crippen LogP contribution in [0.4, 0.5) is 0 Å². The number of nitrogens with zero attached hydrogens (tertiary/aromatic N) is 1. The maximum absolute atomic E-state index is 12.4. The molecule has 3 nitrogen and oxygen atoms in total. The molecule has 0 fully saturated rings. The highest BCUT2D eigenvalue weighted by atomic mass is 16.1. The molecule has 0 aliphatic carbocycles. The highest BCUT2D eigenvalue weighted by Crippen LogP contribution is 2.22. The number of nitrogens with one attached hydrogen (secondary N) is 1. The van der Waals surface area contributed by atoms with Gasteiger partial charge in [-0.05, 0) is 34.7 Å². The van der Waals surface area contributed by atoms with Crippen molar-refractivity contribution in [1.82, 2.24) is 10.3 Å². The lowest BCUT2D eigenvalue weighted by atomic mass is 9.87. The Morgan fingerprint density at radius 3 is 2.42 bits per heavy atom. The van der Waals surface area contributed by atoms with Gasteiger partial charge in [-0.15, -0.1) is 0 Å². The number of carbonyl (C=O) groups is 1. The number of benzene rings is 2. The van der Waals surface area contributed by atoms with Crippen LogP contribution in [0.3, 0.4) is 0 Å². The molecule has 1 heterocycles. The van der Waals surface area contributed by atoms with Crippen molar-refractivity contribution in [1.29, 1.82) is 0 Å². The molecule has 3 rings (SSSR count). The largest absolute Gasteiger partial charge is 0.348 e. The number of aromatic nitrogens is 1. The van der Waals surface area contributed by atoms with Gasteiger partial charge in [0.1, 0.15) is 0 Å². The molecule has 0 unspecified atom stereocenters. The van der Waals surface area contributed by atoms with Crippen LogP contribution in [0.1, 0.15) is 42.3 Å². The summed E-state index contributed by atoms with van der Waals surface area (Å²) >= 11 is 0. The summed E-state index contributed by atoms with van der Waals surface area (Å²) < 4.78 is 0. The zero-order valence-electron chi connectivity index (χ0n) is 14.3. The van der Waals surface area contributed by atoms with Gasteiger partial charge in [-0.1, -0.05) is 57.2 Å². The first kappa shape index (κ1) is 16.2. The van der Waals surface area contributed by atoms with E-state index in [0.717, 1.165) is 16.5 Å². The fourth-order valence-electron chi connectivity index (χ4n) is 2.71. The SMILES string of the molecule is CC(C)(C)c1ccc(C(=O)NCc2cccc3cccnc23)cc1. The van der Waals surface area contributed by atoms with Crippen molar-refractivity contribution in [2.75, 3.05) is 0 Å². The van der Waals surface area contributed by atoms with Gasteiger partial charge in [0.15, 0.2) is 0 Å². The predicted molar refractivity (Wildman–Crippen MR) is 98.1 cm³/mol. The standard InChI is InChI=1S/C21H22N2O/c1-21(2,3)18-11-9-16(10-12-18)20(24)23-14-17-7-4-6-15-8-5-13-22-19(15)17/h4-13H,14H2,1-3H3,(H,23,24). The molecule has 3 heteroatoms. The molecule has 0 saturated carbocycles. The summed E-state index contributed by atoms with van der Waals surface area (Å²) in [6.45, 7) is 6.95. The Labute approximate surface area is 142 Å². The first-order chi connectivity index (χ1) is 11.4. The van der Waals surface area contributed by atoms with E-state index in [2.05, 4.69) is 31.1 Å². The zero-order chi connectivity index (χ0) is 17.2. The number of hydrogen-bond donors (Lipinski definition) is 1. The van der Waals surface area contributed by atoms with Gasteiger partial charge < -0.3 is 5.32 Å². The molecule has 1 amide bonds. The van der Waals surface area contributed by atoms with Gasteiger partial charge in [-0.3, -0.25) is 9.78 Å². The summed E-state index contributed by atoms with van der Waals surface area (Å²) in [6, 6.07) is 17.8. The minimum atomic E-state index is -0.0663. The lowest BCUT2D eigenvalue weighted by Crippen LogP contribution is -2.23. The molecule has 1 N–H and O–H groups in total. The maximum atomic E-state index is 12.4. The molecule has 3 aromatic rings. The van der Waals surface area contributed by atoms with Gasteiger partial charge >= 0.3 is 0 Å². The first-order valence-corrected chi connectivity index (χ1v) is 8.16. The molecule has 0 aliphatic rings. The number of para-hydroxylation sites is 1. The summed E-state index contributed by atoms with van der Waals surface area (Å²) in [6.07, 6.45) is 1.78. The van der Waals surface area contributed by atoms with Crippen LogP contribution in [0.15, 0.2) is 60.8 Å². The van der Waals surface area contributed by atoms with Crippen LogP contribution in [-0.2, 0) is 12.0 Å². The third-order valence-electron chi connectivity index (χ3n) is 4.17. The van der Waals surface area contributed by atoms with Crippen LogP contribution in [0.5, 0.6) is 0 Å². The van der Waals surface area contributed by atoms with Crippen LogP contribution < -0.4 is 5.32 Å². The molecule has 1 aromatic heterocycles. The Balaban J connectivity index is 1.73. The van der Waals surface area contributed by atoms with Crippen molar-refractivity contribution in [3.8, 4) is 0 Å². The average Bonchev–Trinajstić information content (AvgIpc) is 2.59. The molecule has 0 spiro atoms. The molecule has 2 aromatic carbocycles. The first-order valence-electron chi connectivity index (χ1n) is 8.16. The van der Waals surface area contributed by atoms with E-state index >= 15 is 0 Å². The molecule has 0 radical (unpaired) electrons. The highest BCUT2D eigenvalue weighted by Gasteiger charge is 2.14. The summed E-state index contributed by atoms with van der Waals surface area (Å²) in [5.41, 5.74) is 3.94. The average molecular weight is 318 g/mol. The summed E-state index contributed by atoms with van der Waals surface area (Å²) in [5.74, 6) is -0.0663. The number of pyridine rings is 1. The lowest BCUT2D eigenvalue weighted by molar-refractivity contribution is 0.0951. The van der Waals surface area contributed by atoms with Crippen molar-refractivity contribution in [3.05, 3.63) is 77.5 Å². The lowest BCUT2D eigenvalue weighted by Gasteiger charge is -2.19. The van der Waals surface area contributed by atoms with Crippen molar-refractivity contribution < 1.29 is 4.79 Å². The van der Waals surface area contributed by atoms with Gasteiger partial charge in [0.25, 0.3) is 5.91 Å². The molecule has 0 atom stereocenters. The van der Waals surface area contributed by atoms with E-state index in [0.29, 0.717) is 12.1 Å². The Morgan fingerprint density at radius 2 is 1.71 bits per heavy atom. The molecule has 0 aliphatic heterocycles. The van der Waals surface area contributed by atoms with Crippen molar-refractivity contribution >= 4 is 16.8 Å². The second-order valence-corrected chi connectivity index (χ2v) is 7.00. The number of fused-ring (bicyclic) bond motifs is 1. The third-order valence-corrected chi connectivity index (χ3v) is 4.17.